The van der Waals surface area contributed by atoms with E-state index in [-0.39, 0.29) is 5.60 Å². The first-order valence-corrected chi connectivity index (χ1v) is 7.63. The molecular formula is C15H29NO. The smallest absolute Gasteiger partial charge is 0.0837 e. The Kier molecular flexibility index (Phi) is 4.87. The number of ether oxygens (including phenoxy) is 1. The monoisotopic (exact) mass is 239 g/mol. The molecule has 2 aliphatic rings. The lowest BCUT2D eigenvalue weighted by atomic mass is 9.75. The van der Waals surface area contributed by atoms with Gasteiger partial charge in [0.1, 0.15) is 0 Å². The highest BCUT2D eigenvalue weighted by Crippen LogP contribution is 2.41. The van der Waals surface area contributed by atoms with E-state index >= 15 is 0 Å². The fourth-order valence-electron chi connectivity index (χ4n) is 4.20. The topological polar surface area (TPSA) is 21.3 Å². The van der Waals surface area contributed by atoms with Crippen LogP contribution in [0.2, 0.25) is 0 Å². The summed E-state index contributed by atoms with van der Waals surface area (Å²) in [6.45, 7) is 3.01. The maximum absolute atomic E-state index is 6.23. The second-order valence-corrected chi connectivity index (χ2v) is 5.87. The van der Waals surface area contributed by atoms with Crippen LogP contribution in [-0.2, 0) is 4.74 Å². The molecule has 0 aliphatic heterocycles. The van der Waals surface area contributed by atoms with Crippen LogP contribution in [0.4, 0.5) is 0 Å². The molecule has 1 unspecified atom stereocenters. The molecule has 2 saturated carbocycles. The van der Waals surface area contributed by atoms with E-state index in [0.717, 1.165) is 12.5 Å². The summed E-state index contributed by atoms with van der Waals surface area (Å²) in [6.07, 6.45) is 12.3. The van der Waals surface area contributed by atoms with Crippen molar-refractivity contribution in [3.05, 3.63) is 0 Å². The molecule has 2 rings (SSSR count). The Morgan fingerprint density at radius 1 is 1.12 bits per heavy atom. The minimum atomic E-state index is 0.158. The standard InChI is InChI=1S/C15H29NO/c1-3-17-15(11-7-8-12-15)14(16-2)13-9-5-4-6-10-13/h13-14,16H,3-12H2,1-2H3. The van der Waals surface area contributed by atoms with Crippen molar-refractivity contribution >= 4 is 0 Å². The predicted molar refractivity (Wildman–Crippen MR) is 72.2 cm³/mol. The molecule has 1 N–H and O–H groups in total. The van der Waals surface area contributed by atoms with Crippen LogP contribution in [0.5, 0.6) is 0 Å². The van der Waals surface area contributed by atoms with Crippen LogP contribution in [0.3, 0.4) is 0 Å². The molecule has 0 spiro atoms. The predicted octanol–water partition coefficient (Wildman–Crippen LogP) is 3.50. The quantitative estimate of drug-likeness (QED) is 0.793. The van der Waals surface area contributed by atoms with Crippen LogP contribution in [0.25, 0.3) is 0 Å². The van der Waals surface area contributed by atoms with Crippen molar-refractivity contribution in [3.8, 4) is 0 Å². The Balaban J connectivity index is 2.07. The summed E-state index contributed by atoms with van der Waals surface area (Å²) in [5.74, 6) is 0.846. The highest BCUT2D eigenvalue weighted by Gasteiger charge is 2.44. The Labute approximate surface area is 107 Å². The molecule has 0 aromatic carbocycles. The molecule has 1 atom stereocenters. The molecular weight excluding hydrogens is 210 g/mol. The molecule has 0 bridgehead atoms. The highest BCUT2D eigenvalue weighted by molar-refractivity contribution is 5.00. The summed E-state index contributed by atoms with van der Waals surface area (Å²) in [5.41, 5.74) is 0.158. The van der Waals surface area contributed by atoms with E-state index in [4.69, 9.17) is 4.74 Å². The van der Waals surface area contributed by atoms with Crippen molar-refractivity contribution in [2.24, 2.45) is 5.92 Å². The Morgan fingerprint density at radius 2 is 1.76 bits per heavy atom. The van der Waals surface area contributed by atoms with Gasteiger partial charge in [-0.1, -0.05) is 32.1 Å². The molecule has 2 nitrogen and oxygen atoms in total. The van der Waals surface area contributed by atoms with Crippen LogP contribution in [0.15, 0.2) is 0 Å². The molecule has 2 heteroatoms. The van der Waals surface area contributed by atoms with Gasteiger partial charge in [0.05, 0.1) is 5.60 Å². The van der Waals surface area contributed by atoms with Crippen LogP contribution >= 0.6 is 0 Å². The zero-order valence-corrected chi connectivity index (χ0v) is 11.6. The van der Waals surface area contributed by atoms with Crippen LogP contribution in [0.1, 0.15) is 64.7 Å². The molecule has 0 amide bonds. The first-order valence-electron chi connectivity index (χ1n) is 7.63. The number of hydrogen-bond donors (Lipinski definition) is 1. The SMILES string of the molecule is CCOC1(C(NC)C2CCCCC2)CCCC1. The summed E-state index contributed by atoms with van der Waals surface area (Å²) in [5, 5.41) is 3.61. The molecule has 100 valence electrons. The normalized spacial score (nSPS) is 27.2. The molecule has 0 aromatic heterocycles. The van der Waals surface area contributed by atoms with Gasteiger partial charge < -0.3 is 10.1 Å². The molecule has 2 aliphatic carbocycles. The van der Waals surface area contributed by atoms with Gasteiger partial charge in [0.2, 0.25) is 0 Å². The molecule has 0 aromatic rings. The van der Waals surface area contributed by atoms with Crippen molar-refractivity contribution in [3.63, 3.8) is 0 Å². The first kappa shape index (κ1) is 13.4. The number of nitrogens with one attached hydrogen (secondary N) is 1. The molecule has 17 heavy (non-hydrogen) atoms. The Bertz CT molecular complexity index is 217. The van der Waals surface area contributed by atoms with Gasteiger partial charge in [-0.2, -0.15) is 0 Å². The van der Waals surface area contributed by atoms with Crippen molar-refractivity contribution in [1.82, 2.24) is 5.32 Å². The Morgan fingerprint density at radius 3 is 2.29 bits per heavy atom. The van der Waals surface area contributed by atoms with Crippen molar-refractivity contribution in [1.29, 1.82) is 0 Å². The van der Waals surface area contributed by atoms with Gasteiger partial charge in [-0.25, -0.2) is 0 Å². The average molecular weight is 239 g/mol. The van der Waals surface area contributed by atoms with Gasteiger partial charge in [0.25, 0.3) is 0 Å². The van der Waals surface area contributed by atoms with Gasteiger partial charge in [-0.15, -0.1) is 0 Å². The third-order valence-corrected chi connectivity index (χ3v) is 4.88. The fourth-order valence-corrected chi connectivity index (χ4v) is 4.20. The van der Waals surface area contributed by atoms with Crippen LogP contribution < -0.4 is 5.32 Å². The first-order chi connectivity index (χ1) is 8.32. The van der Waals surface area contributed by atoms with E-state index in [1.54, 1.807) is 0 Å². The largest absolute Gasteiger partial charge is 0.374 e. The third-order valence-electron chi connectivity index (χ3n) is 4.88. The second kappa shape index (κ2) is 6.19. The van der Waals surface area contributed by atoms with Gasteiger partial charge in [-0.05, 0) is 45.6 Å². The molecule has 0 radical (unpaired) electrons. The van der Waals surface area contributed by atoms with E-state index in [1.165, 1.54) is 57.8 Å². The highest BCUT2D eigenvalue weighted by atomic mass is 16.5. The lowest BCUT2D eigenvalue weighted by molar-refractivity contribution is -0.0771. The summed E-state index contributed by atoms with van der Waals surface area (Å²) in [7, 11) is 2.14. The summed E-state index contributed by atoms with van der Waals surface area (Å²) in [6, 6.07) is 0.588. The molecule has 0 saturated heterocycles. The van der Waals surface area contributed by atoms with Crippen LogP contribution in [0, 0.1) is 5.92 Å². The molecule has 2 fully saturated rings. The van der Waals surface area contributed by atoms with Crippen molar-refractivity contribution < 1.29 is 4.74 Å². The van der Waals surface area contributed by atoms with Gasteiger partial charge >= 0.3 is 0 Å². The zero-order valence-electron chi connectivity index (χ0n) is 11.6. The number of hydrogen-bond acceptors (Lipinski definition) is 2. The molecule has 0 heterocycles. The van der Waals surface area contributed by atoms with E-state index < -0.39 is 0 Å². The number of likely N-dealkylation sites (N-methyl/N-ethyl adjacent to an activating group) is 1. The lowest BCUT2D eigenvalue weighted by Gasteiger charge is -2.43. The van der Waals surface area contributed by atoms with E-state index in [1.807, 2.05) is 0 Å². The Hall–Kier alpha value is -0.0800. The van der Waals surface area contributed by atoms with Crippen molar-refractivity contribution in [2.45, 2.75) is 76.4 Å². The van der Waals surface area contributed by atoms with E-state index in [2.05, 4.69) is 19.3 Å². The second-order valence-electron chi connectivity index (χ2n) is 5.87. The average Bonchev–Trinajstić information content (AvgIpc) is 2.81. The van der Waals surface area contributed by atoms with E-state index in [9.17, 15) is 0 Å². The van der Waals surface area contributed by atoms with E-state index in [0.29, 0.717) is 6.04 Å². The zero-order chi connectivity index (χ0) is 12.1. The fraction of sp³-hybridized carbons (Fsp3) is 1.00. The summed E-state index contributed by atoms with van der Waals surface area (Å²) in [4.78, 5) is 0. The third kappa shape index (κ3) is 2.85. The van der Waals surface area contributed by atoms with Gasteiger partial charge in [-0.3, -0.25) is 0 Å². The minimum absolute atomic E-state index is 0.158. The summed E-state index contributed by atoms with van der Waals surface area (Å²) < 4.78 is 6.23. The minimum Gasteiger partial charge on any atom is -0.374 e. The van der Waals surface area contributed by atoms with Gasteiger partial charge in [0.15, 0.2) is 0 Å². The summed E-state index contributed by atoms with van der Waals surface area (Å²) >= 11 is 0. The maximum Gasteiger partial charge on any atom is 0.0837 e. The number of rotatable bonds is 5. The van der Waals surface area contributed by atoms with Crippen molar-refractivity contribution in [2.75, 3.05) is 13.7 Å². The maximum atomic E-state index is 6.23. The van der Waals surface area contributed by atoms with Crippen LogP contribution in [-0.4, -0.2) is 25.3 Å². The van der Waals surface area contributed by atoms with Gasteiger partial charge in [0, 0.05) is 12.6 Å². The lowest BCUT2D eigenvalue weighted by Crippen LogP contribution is -2.54.